The van der Waals surface area contributed by atoms with Crippen LogP contribution in [0, 0.1) is 5.92 Å². The third kappa shape index (κ3) is 6.17. The van der Waals surface area contributed by atoms with E-state index in [2.05, 4.69) is 10.2 Å². The molecule has 2 aromatic carbocycles. The number of nitrogens with two attached hydrogens (primary N) is 1. The highest BCUT2D eigenvalue weighted by molar-refractivity contribution is 5.89. The van der Waals surface area contributed by atoms with E-state index in [4.69, 9.17) is 10.5 Å². The first-order chi connectivity index (χ1) is 17.5. The Hall–Kier alpha value is -3.30. The number of amides is 2. The summed E-state index contributed by atoms with van der Waals surface area (Å²) in [5.74, 6) is 0.351. The third-order valence-electron chi connectivity index (χ3n) is 7.28. The second kappa shape index (κ2) is 11.8. The summed E-state index contributed by atoms with van der Waals surface area (Å²) in [5.41, 5.74) is 7.45. The first-order valence-corrected chi connectivity index (χ1v) is 12.7. The van der Waals surface area contributed by atoms with Gasteiger partial charge < -0.3 is 20.7 Å². The van der Waals surface area contributed by atoms with Crippen LogP contribution in [0.4, 0.5) is 9.59 Å². The predicted octanol–water partition coefficient (Wildman–Crippen LogP) is 4.06. The summed E-state index contributed by atoms with van der Waals surface area (Å²) in [6.07, 6.45) is 3.40. The molecule has 1 aromatic heterocycles. The molecule has 10 heteroatoms. The number of para-hydroxylation sites is 2. The minimum Gasteiger partial charge on any atom is -0.441 e. The first-order valence-electron chi connectivity index (χ1n) is 12.7. The van der Waals surface area contributed by atoms with Gasteiger partial charge in [0.15, 0.2) is 0 Å². The van der Waals surface area contributed by atoms with Gasteiger partial charge in [-0.2, -0.15) is 0 Å². The topological polar surface area (TPSA) is 112 Å². The van der Waals surface area contributed by atoms with Gasteiger partial charge in [0.1, 0.15) is 6.10 Å². The molecular weight excluding hydrogens is 494 g/mol. The Morgan fingerprint density at radius 3 is 2.27 bits per heavy atom. The number of carbonyl (C=O) groups is 2. The fourth-order valence-electron chi connectivity index (χ4n) is 5.18. The zero-order valence-electron chi connectivity index (χ0n) is 20.8. The van der Waals surface area contributed by atoms with Crippen LogP contribution < -0.4 is 16.7 Å². The van der Waals surface area contributed by atoms with Gasteiger partial charge in [-0.05, 0) is 62.4 Å². The molecule has 0 spiro atoms. The lowest BCUT2D eigenvalue weighted by Gasteiger charge is -2.32. The summed E-state index contributed by atoms with van der Waals surface area (Å²) in [7, 11) is 0. The van der Waals surface area contributed by atoms with Gasteiger partial charge in [0, 0.05) is 25.6 Å². The largest absolute Gasteiger partial charge is 0.441 e. The van der Waals surface area contributed by atoms with Crippen LogP contribution in [0.15, 0.2) is 59.4 Å². The Morgan fingerprint density at radius 1 is 0.973 bits per heavy atom. The van der Waals surface area contributed by atoms with Crippen molar-refractivity contribution in [1.82, 2.24) is 19.4 Å². The summed E-state index contributed by atoms with van der Waals surface area (Å²) < 4.78 is 8.40. The summed E-state index contributed by atoms with van der Waals surface area (Å²) in [6.45, 7) is 3.14. The maximum atomic E-state index is 13.0. The molecule has 1 aliphatic heterocycles. The number of halogens is 1. The van der Waals surface area contributed by atoms with E-state index in [-0.39, 0.29) is 36.3 Å². The number of fused-ring (bicyclic) bond motifs is 1. The van der Waals surface area contributed by atoms with Crippen molar-refractivity contribution >= 4 is 35.6 Å². The van der Waals surface area contributed by atoms with Gasteiger partial charge >= 0.3 is 17.8 Å². The van der Waals surface area contributed by atoms with Crippen LogP contribution in [0.3, 0.4) is 0 Å². The highest BCUT2D eigenvalue weighted by atomic mass is 35.5. The van der Waals surface area contributed by atoms with Gasteiger partial charge in [0.2, 0.25) is 0 Å². The molecule has 1 saturated heterocycles. The Kier molecular flexibility index (Phi) is 8.56. The van der Waals surface area contributed by atoms with Crippen LogP contribution in [0.1, 0.15) is 49.8 Å². The number of carbonyl (C=O) groups excluding carboxylic acids is 2. The van der Waals surface area contributed by atoms with Crippen LogP contribution in [0.5, 0.6) is 0 Å². The number of likely N-dealkylation sites (tertiary alicyclic amines) is 1. The molecule has 1 aliphatic carbocycles. The summed E-state index contributed by atoms with van der Waals surface area (Å²) in [4.78, 5) is 39.8. The van der Waals surface area contributed by atoms with Gasteiger partial charge in [-0.1, -0.05) is 42.5 Å². The van der Waals surface area contributed by atoms with Gasteiger partial charge in [-0.15, -0.1) is 12.4 Å². The van der Waals surface area contributed by atoms with Crippen LogP contribution in [0.25, 0.3) is 11.0 Å². The minimum absolute atomic E-state index is 0. The second-order valence-corrected chi connectivity index (χ2v) is 9.80. The number of imidazole rings is 1. The molecule has 9 nitrogen and oxygen atoms in total. The molecule has 1 unspecified atom stereocenters. The normalized spacial score (nSPS) is 17.2. The molecule has 1 saturated carbocycles. The SMILES string of the molecule is Cl.NC(=O)OC(CCN1CCC(CNC(=O)n2c(=O)n(C3CC3)c3ccccc32)CC1)c1ccccc1. The Morgan fingerprint density at radius 2 is 1.62 bits per heavy atom. The molecule has 2 amide bonds. The van der Waals surface area contributed by atoms with Crippen LogP contribution >= 0.6 is 12.4 Å². The second-order valence-electron chi connectivity index (χ2n) is 9.80. The zero-order valence-corrected chi connectivity index (χ0v) is 21.6. The van der Waals surface area contributed by atoms with Crippen molar-refractivity contribution in [2.45, 2.75) is 44.2 Å². The molecule has 198 valence electrons. The molecule has 5 rings (SSSR count). The smallest absolute Gasteiger partial charge is 0.405 e. The van der Waals surface area contributed by atoms with Crippen molar-refractivity contribution in [1.29, 1.82) is 0 Å². The maximum Gasteiger partial charge on any atom is 0.405 e. The average molecular weight is 528 g/mol. The molecule has 1 atom stereocenters. The lowest BCUT2D eigenvalue weighted by molar-refractivity contribution is 0.0860. The highest BCUT2D eigenvalue weighted by Gasteiger charge is 2.30. The molecule has 0 radical (unpaired) electrons. The van der Waals surface area contributed by atoms with E-state index >= 15 is 0 Å². The number of rotatable bonds is 8. The van der Waals surface area contributed by atoms with Gasteiger partial charge in [0.25, 0.3) is 0 Å². The Balaban J connectivity index is 0.00000320. The molecule has 3 aromatic rings. The monoisotopic (exact) mass is 527 g/mol. The van der Waals surface area contributed by atoms with Crippen molar-refractivity contribution < 1.29 is 14.3 Å². The molecule has 2 aliphatic rings. The third-order valence-corrected chi connectivity index (χ3v) is 7.28. The number of aromatic nitrogens is 2. The van der Waals surface area contributed by atoms with Crippen LogP contribution in [0.2, 0.25) is 0 Å². The highest BCUT2D eigenvalue weighted by Crippen LogP contribution is 2.36. The molecule has 37 heavy (non-hydrogen) atoms. The summed E-state index contributed by atoms with van der Waals surface area (Å²) >= 11 is 0. The van der Waals surface area contributed by atoms with E-state index in [9.17, 15) is 14.4 Å². The van der Waals surface area contributed by atoms with Crippen molar-refractivity contribution in [3.63, 3.8) is 0 Å². The number of piperidine rings is 1. The van der Waals surface area contributed by atoms with Crippen molar-refractivity contribution in [2.24, 2.45) is 11.7 Å². The summed E-state index contributed by atoms with van der Waals surface area (Å²) in [5, 5.41) is 3.00. The standard InChI is InChI=1S/C27H33N5O4.ClH/c28-25(33)36-24(20-6-2-1-3-7-20)14-17-30-15-12-19(13-16-30)18-29-26(34)32-23-9-5-4-8-22(23)31(27(32)35)21-10-11-21;/h1-9,19,21,24H,10-18H2,(H2,28,33)(H,29,34);1H. The molecule has 0 bridgehead atoms. The maximum absolute atomic E-state index is 13.0. The lowest BCUT2D eigenvalue weighted by atomic mass is 9.96. The number of hydrogen-bond acceptors (Lipinski definition) is 5. The first kappa shape index (κ1) is 26.8. The Labute approximate surface area is 222 Å². The number of hydrogen-bond donors (Lipinski definition) is 2. The summed E-state index contributed by atoms with van der Waals surface area (Å²) in [6, 6.07) is 17.0. The van der Waals surface area contributed by atoms with E-state index in [1.165, 1.54) is 4.57 Å². The molecule has 3 N–H and O–H groups in total. The number of nitrogens with one attached hydrogen (secondary N) is 1. The van der Waals surface area contributed by atoms with Gasteiger partial charge in [0.05, 0.1) is 11.0 Å². The average Bonchev–Trinajstić information content (AvgIpc) is 3.68. The molecular formula is C27H34ClN5O4. The quantitative estimate of drug-likeness (QED) is 0.459. The van der Waals surface area contributed by atoms with Gasteiger partial charge in [-0.3, -0.25) is 4.57 Å². The van der Waals surface area contributed by atoms with Crippen molar-refractivity contribution in [3.8, 4) is 0 Å². The fourth-order valence-corrected chi connectivity index (χ4v) is 5.18. The molecule has 2 fully saturated rings. The van der Waals surface area contributed by atoms with Crippen LogP contribution in [-0.2, 0) is 4.74 Å². The fraction of sp³-hybridized carbons (Fsp3) is 0.444. The van der Waals surface area contributed by atoms with Crippen LogP contribution in [-0.4, -0.2) is 52.3 Å². The minimum atomic E-state index is -0.766. The van der Waals surface area contributed by atoms with E-state index in [0.29, 0.717) is 24.4 Å². The lowest BCUT2D eigenvalue weighted by Crippen LogP contribution is -2.42. The zero-order chi connectivity index (χ0) is 25.1. The Bertz CT molecular complexity index is 1280. The van der Waals surface area contributed by atoms with E-state index in [0.717, 1.165) is 56.4 Å². The van der Waals surface area contributed by atoms with E-state index in [1.807, 2.05) is 54.6 Å². The van der Waals surface area contributed by atoms with Gasteiger partial charge in [-0.25, -0.2) is 19.0 Å². The van der Waals surface area contributed by atoms with Crippen molar-refractivity contribution in [2.75, 3.05) is 26.2 Å². The van der Waals surface area contributed by atoms with E-state index < -0.39 is 6.09 Å². The number of benzene rings is 2. The number of primary amides is 1. The molecule has 2 heterocycles. The van der Waals surface area contributed by atoms with Crippen molar-refractivity contribution in [3.05, 3.63) is 70.6 Å². The number of ether oxygens (including phenoxy) is 1. The predicted molar refractivity (Wildman–Crippen MR) is 144 cm³/mol. The number of nitrogens with zero attached hydrogens (tertiary/aromatic N) is 3. The van der Waals surface area contributed by atoms with E-state index in [1.54, 1.807) is 4.57 Å².